The standard InChI is InChI=1S/C29H27N3O6/c1-14-12-15(8-11-21(14)33)23-17-9-10-18-22(26(36)32(24(18)34)28(30)38)19(17)13-20-25(35)31(27(37)29(20,23)2)16-6-4-3-5-7-16/h3-9,11-12,18-20,22-23,33H,10,13H2,1-2H3,(H2,30,38). The van der Waals surface area contributed by atoms with Crippen molar-refractivity contribution in [3.8, 4) is 5.75 Å². The normalized spacial score (nSPS) is 32.2. The molecule has 2 aliphatic carbocycles. The molecule has 2 aromatic rings. The highest BCUT2D eigenvalue weighted by molar-refractivity contribution is 6.24. The SMILES string of the molecule is Cc1cc(C2C3=CCC4C(=O)N(C(N)=O)C(=O)C4C3CC3C(=O)N(c4ccccc4)C(=O)C32C)ccc1O. The summed E-state index contributed by atoms with van der Waals surface area (Å²) < 4.78 is 0. The highest BCUT2D eigenvalue weighted by Gasteiger charge is 2.67. The highest BCUT2D eigenvalue weighted by Crippen LogP contribution is 2.63. The summed E-state index contributed by atoms with van der Waals surface area (Å²) in [6.07, 6.45) is 2.32. The molecule has 194 valence electrons. The number of nitrogens with zero attached hydrogens (tertiary/aromatic N) is 2. The Labute approximate surface area is 218 Å². The monoisotopic (exact) mass is 513 g/mol. The van der Waals surface area contributed by atoms with Crippen LogP contribution in [0.25, 0.3) is 0 Å². The van der Waals surface area contributed by atoms with Crippen LogP contribution in [-0.4, -0.2) is 39.7 Å². The number of hydrogen-bond donors (Lipinski definition) is 2. The van der Waals surface area contributed by atoms with E-state index in [1.807, 2.05) is 6.08 Å². The lowest BCUT2D eigenvalue weighted by Gasteiger charge is -2.49. The number of amides is 6. The van der Waals surface area contributed by atoms with Crippen LogP contribution < -0.4 is 10.6 Å². The van der Waals surface area contributed by atoms with Gasteiger partial charge in [-0.3, -0.25) is 19.2 Å². The second-order valence-corrected chi connectivity index (χ2v) is 10.9. The zero-order valence-corrected chi connectivity index (χ0v) is 21.0. The number of anilines is 1. The van der Waals surface area contributed by atoms with Crippen LogP contribution in [0.2, 0.25) is 0 Å². The van der Waals surface area contributed by atoms with Gasteiger partial charge < -0.3 is 10.8 Å². The molecule has 0 aromatic heterocycles. The molecule has 0 radical (unpaired) electrons. The number of carbonyl (C=O) groups excluding carboxylic acids is 5. The van der Waals surface area contributed by atoms with E-state index in [2.05, 4.69) is 0 Å². The Bertz CT molecular complexity index is 1470. The molecule has 9 heteroatoms. The predicted octanol–water partition coefficient (Wildman–Crippen LogP) is 3.01. The molecule has 38 heavy (non-hydrogen) atoms. The number of aromatic hydroxyl groups is 1. The first-order chi connectivity index (χ1) is 18.1. The fourth-order valence-corrected chi connectivity index (χ4v) is 7.29. The molecular weight excluding hydrogens is 486 g/mol. The Balaban J connectivity index is 1.54. The van der Waals surface area contributed by atoms with Gasteiger partial charge in [-0.2, -0.15) is 4.90 Å². The van der Waals surface area contributed by atoms with E-state index in [-0.39, 0.29) is 30.4 Å². The van der Waals surface area contributed by atoms with Crippen LogP contribution in [0.3, 0.4) is 0 Å². The van der Waals surface area contributed by atoms with Crippen molar-refractivity contribution in [1.29, 1.82) is 0 Å². The van der Waals surface area contributed by atoms with Gasteiger partial charge in [-0.1, -0.05) is 42.0 Å². The lowest BCUT2D eigenvalue weighted by Crippen LogP contribution is -2.49. The average Bonchev–Trinajstić information content (AvgIpc) is 3.26. The Kier molecular flexibility index (Phi) is 5.14. The lowest BCUT2D eigenvalue weighted by molar-refractivity contribution is -0.136. The molecule has 2 saturated heterocycles. The van der Waals surface area contributed by atoms with Crippen molar-refractivity contribution in [2.45, 2.75) is 32.6 Å². The Morgan fingerprint density at radius 1 is 1.00 bits per heavy atom. The topological polar surface area (TPSA) is 138 Å². The molecular formula is C29H27N3O6. The summed E-state index contributed by atoms with van der Waals surface area (Å²) in [5.41, 5.74) is 6.84. The number of aryl methyl sites for hydroxylation is 1. The number of benzene rings is 2. The minimum atomic E-state index is -1.17. The molecule has 2 aliphatic heterocycles. The predicted molar refractivity (Wildman–Crippen MR) is 135 cm³/mol. The van der Waals surface area contributed by atoms with Crippen LogP contribution in [0.4, 0.5) is 10.5 Å². The third-order valence-corrected chi connectivity index (χ3v) is 9.06. The third-order valence-electron chi connectivity index (χ3n) is 9.06. The molecule has 6 atom stereocenters. The molecule has 0 bridgehead atoms. The van der Waals surface area contributed by atoms with Crippen LogP contribution in [0.15, 0.2) is 60.2 Å². The van der Waals surface area contributed by atoms with E-state index in [9.17, 15) is 29.1 Å². The molecule has 3 fully saturated rings. The number of allylic oxidation sites excluding steroid dienone is 2. The summed E-state index contributed by atoms with van der Waals surface area (Å²) in [5, 5.41) is 10.2. The number of hydrogen-bond acceptors (Lipinski definition) is 6. The first-order valence-corrected chi connectivity index (χ1v) is 12.7. The Morgan fingerprint density at radius 3 is 2.37 bits per heavy atom. The van der Waals surface area contributed by atoms with Crippen molar-refractivity contribution in [2.75, 3.05) is 4.90 Å². The molecule has 1 saturated carbocycles. The van der Waals surface area contributed by atoms with Gasteiger partial charge in [0, 0.05) is 5.92 Å². The number of fused-ring (bicyclic) bond motifs is 4. The Morgan fingerprint density at radius 2 is 1.71 bits per heavy atom. The van der Waals surface area contributed by atoms with Crippen molar-refractivity contribution in [1.82, 2.24) is 4.90 Å². The van der Waals surface area contributed by atoms with Gasteiger partial charge >= 0.3 is 6.03 Å². The van der Waals surface area contributed by atoms with Gasteiger partial charge in [0.15, 0.2) is 0 Å². The molecule has 4 aliphatic rings. The quantitative estimate of drug-likeness (QED) is 0.468. The van der Waals surface area contributed by atoms with E-state index in [0.717, 1.165) is 11.1 Å². The van der Waals surface area contributed by atoms with Gasteiger partial charge in [0.05, 0.1) is 28.9 Å². The maximum Gasteiger partial charge on any atom is 0.328 e. The van der Waals surface area contributed by atoms with Crippen LogP contribution >= 0.6 is 0 Å². The van der Waals surface area contributed by atoms with Gasteiger partial charge in [0.25, 0.3) is 0 Å². The molecule has 3 N–H and O–H groups in total. The summed E-state index contributed by atoms with van der Waals surface area (Å²) in [5.74, 6) is -5.30. The van der Waals surface area contributed by atoms with Crippen molar-refractivity contribution >= 4 is 35.3 Å². The summed E-state index contributed by atoms with van der Waals surface area (Å²) in [6.45, 7) is 3.56. The number of rotatable bonds is 2. The first kappa shape index (κ1) is 24.1. The number of phenols is 1. The van der Waals surface area contributed by atoms with Gasteiger partial charge in [0.2, 0.25) is 23.6 Å². The number of para-hydroxylation sites is 1. The molecule has 2 aromatic carbocycles. The number of imide groups is 4. The largest absolute Gasteiger partial charge is 0.508 e. The fraction of sp³-hybridized carbons (Fsp3) is 0.345. The first-order valence-electron chi connectivity index (χ1n) is 12.7. The van der Waals surface area contributed by atoms with E-state index >= 15 is 0 Å². The zero-order valence-electron chi connectivity index (χ0n) is 21.0. The van der Waals surface area contributed by atoms with Gasteiger partial charge in [0.1, 0.15) is 5.75 Å². The maximum absolute atomic E-state index is 14.2. The van der Waals surface area contributed by atoms with Crippen molar-refractivity contribution < 1.29 is 29.1 Å². The van der Waals surface area contributed by atoms with Gasteiger partial charge in [-0.05, 0) is 61.9 Å². The zero-order chi connectivity index (χ0) is 27.1. The molecule has 2 heterocycles. The minimum Gasteiger partial charge on any atom is -0.508 e. The number of urea groups is 1. The van der Waals surface area contributed by atoms with Crippen LogP contribution in [0.5, 0.6) is 5.75 Å². The smallest absolute Gasteiger partial charge is 0.328 e. The van der Waals surface area contributed by atoms with E-state index in [1.54, 1.807) is 62.4 Å². The lowest BCUT2D eigenvalue weighted by atomic mass is 9.51. The van der Waals surface area contributed by atoms with Crippen molar-refractivity contribution in [2.24, 2.45) is 34.8 Å². The summed E-state index contributed by atoms with van der Waals surface area (Å²) in [7, 11) is 0. The van der Waals surface area contributed by atoms with Crippen LogP contribution in [0.1, 0.15) is 36.8 Å². The molecule has 9 nitrogen and oxygen atoms in total. The number of likely N-dealkylation sites (tertiary alicyclic amines) is 1. The number of carbonyl (C=O) groups is 5. The molecule has 6 rings (SSSR count). The summed E-state index contributed by atoms with van der Waals surface area (Å²) in [6, 6.07) is 12.7. The number of primary amides is 1. The summed E-state index contributed by atoms with van der Waals surface area (Å²) in [4.78, 5) is 68.2. The highest BCUT2D eigenvalue weighted by atomic mass is 16.3. The number of phenolic OH excluding ortho intramolecular Hbond substituents is 1. The van der Waals surface area contributed by atoms with Gasteiger partial charge in [-0.25, -0.2) is 9.69 Å². The molecule has 6 unspecified atom stereocenters. The van der Waals surface area contributed by atoms with Gasteiger partial charge in [-0.15, -0.1) is 0 Å². The Hall–Kier alpha value is -4.27. The van der Waals surface area contributed by atoms with Crippen LogP contribution in [0, 0.1) is 36.0 Å². The van der Waals surface area contributed by atoms with Crippen LogP contribution in [-0.2, 0) is 19.2 Å². The minimum absolute atomic E-state index is 0.105. The van der Waals surface area contributed by atoms with E-state index in [4.69, 9.17) is 5.73 Å². The fourth-order valence-electron chi connectivity index (χ4n) is 7.29. The van der Waals surface area contributed by atoms with Crippen molar-refractivity contribution in [3.05, 3.63) is 71.3 Å². The summed E-state index contributed by atoms with van der Waals surface area (Å²) >= 11 is 0. The third kappa shape index (κ3) is 3.01. The van der Waals surface area contributed by atoms with E-state index in [1.165, 1.54) is 4.90 Å². The molecule has 6 amide bonds. The van der Waals surface area contributed by atoms with Crippen molar-refractivity contribution in [3.63, 3.8) is 0 Å². The molecule has 0 spiro atoms. The number of nitrogens with two attached hydrogens (primary N) is 1. The van der Waals surface area contributed by atoms with E-state index in [0.29, 0.717) is 16.2 Å². The maximum atomic E-state index is 14.2. The second-order valence-electron chi connectivity index (χ2n) is 10.9. The second kappa shape index (κ2) is 8.11. The average molecular weight is 514 g/mol. The van der Waals surface area contributed by atoms with E-state index < -0.39 is 52.8 Å².